The zero-order valence-corrected chi connectivity index (χ0v) is 15.2. The molecule has 0 aliphatic carbocycles. The minimum Gasteiger partial charge on any atom is -0.493 e. The zero-order valence-electron chi connectivity index (χ0n) is 15.2. The molecule has 0 radical (unpaired) electrons. The lowest BCUT2D eigenvalue weighted by atomic mass is 9.90. The molecule has 1 heterocycles. The Hall–Kier alpha value is -1.88. The van der Waals surface area contributed by atoms with Crippen molar-refractivity contribution in [2.45, 2.75) is 32.4 Å². The number of rotatable bonds is 8. The molecule has 25 heavy (non-hydrogen) atoms. The van der Waals surface area contributed by atoms with Crippen molar-refractivity contribution >= 4 is 0 Å². The number of nitrogens with one attached hydrogen (secondary N) is 3. The van der Waals surface area contributed by atoms with Gasteiger partial charge in [-0.1, -0.05) is 49.4 Å². The summed E-state index contributed by atoms with van der Waals surface area (Å²) in [6, 6.07) is 19.7. The fourth-order valence-electron chi connectivity index (χ4n) is 3.39. The van der Waals surface area contributed by atoms with Crippen LogP contribution in [0.2, 0.25) is 0 Å². The maximum absolute atomic E-state index is 5.99. The topological polar surface area (TPSA) is 45.3 Å². The Balaban J connectivity index is 1.60. The molecular formula is C21H29N3O. The van der Waals surface area contributed by atoms with Gasteiger partial charge in [0.15, 0.2) is 0 Å². The summed E-state index contributed by atoms with van der Waals surface area (Å²) in [5.41, 5.74) is 9.41. The van der Waals surface area contributed by atoms with Crippen molar-refractivity contribution in [3.8, 4) is 5.75 Å². The van der Waals surface area contributed by atoms with Crippen LogP contribution >= 0.6 is 0 Å². The van der Waals surface area contributed by atoms with Gasteiger partial charge >= 0.3 is 0 Å². The van der Waals surface area contributed by atoms with Gasteiger partial charge in [0.2, 0.25) is 0 Å². The van der Waals surface area contributed by atoms with E-state index in [1.807, 2.05) is 12.1 Å². The van der Waals surface area contributed by atoms with E-state index in [2.05, 4.69) is 72.5 Å². The molecular weight excluding hydrogens is 310 g/mol. The van der Waals surface area contributed by atoms with E-state index >= 15 is 0 Å². The fourth-order valence-corrected chi connectivity index (χ4v) is 3.39. The molecule has 3 atom stereocenters. The average molecular weight is 339 g/mol. The van der Waals surface area contributed by atoms with E-state index < -0.39 is 0 Å². The summed E-state index contributed by atoms with van der Waals surface area (Å²) >= 11 is 0. The summed E-state index contributed by atoms with van der Waals surface area (Å²) in [6.07, 6.45) is 0.925. The Kier molecular flexibility index (Phi) is 6.45. The van der Waals surface area contributed by atoms with E-state index in [-0.39, 0.29) is 0 Å². The lowest BCUT2D eigenvalue weighted by Gasteiger charge is -2.22. The van der Waals surface area contributed by atoms with Crippen molar-refractivity contribution in [2.75, 3.05) is 19.7 Å². The van der Waals surface area contributed by atoms with Crippen LogP contribution in [0.1, 0.15) is 31.0 Å². The molecule has 2 aromatic carbocycles. The molecule has 4 heteroatoms. The summed E-state index contributed by atoms with van der Waals surface area (Å²) in [5, 5.41) is 3.48. The molecule has 0 spiro atoms. The van der Waals surface area contributed by atoms with Gasteiger partial charge in [-0.15, -0.1) is 0 Å². The van der Waals surface area contributed by atoms with Gasteiger partial charge in [0.1, 0.15) is 5.75 Å². The first-order valence-corrected chi connectivity index (χ1v) is 9.26. The predicted octanol–water partition coefficient (Wildman–Crippen LogP) is 3.07. The molecule has 3 rings (SSSR count). The molecule has 1 aliphatic heterocycles. The van der Waals surface area contributed by atoms with Crippen LogP contribution in [0, 0.1) is 5.92 Å². The third kappa shape index (κ3) is 4.82. The monoisotopic (exact) mass is 339 g/mol. The highest BCUT2D eigenvalue weighted by molar-refractivity contribution is 5.32. The fraction of sp³-hybridized carbons (Fsp3) is 0.429. The molecule has 0 bridgehead atoms. The third-order valence-electron chi connectivity index (χ3n) is 4.89. The van der Waals surface area contributed by atoms with Gasteiger partial charge in [-0.2, -0.15) is 0 Å². The SMILES string of the molecule is CCNCC1C(C)NNC1c1cccc(OCCc2ccccc2)c1. The number of benzene rings is 2. The first-order chi connectivity index (χ1) is 12.3. The Morgan fingerprint density at radius 1 is 1.04 bits per heavy atom. The molecule has 0 amide bonds. The highest BCUT2D eigenvalue weighted by Crippen LogP contribution is 2.30. The Bertz CT molecular complexity index is 647. The van der Waals surface area contributed by atoms with Crippen molar-refractivity contribution in [3.05, 3.63) is 65.7 Å². The molecule has 1 fully saturated rings. The summed E-state index contributed by atoms with van der Waals surface area (Å²) in [6.45, 7) is 7.08. The maximum Gasteiger partial charge on any atom is 0.119 e. The Morgan fingerprint density at radius 3 is 2.68 bits per heavy atom. The normalized spacial score (nSPS) is 22.9. The molecule has 134 valence electrons. The molecule has 3 unspecified atom stereocenters. The first-order valence-electron chi connectivity index (χ1n) is 9.26. The minimum atomic E-state index is 0.298. The van der Waals surface area contributed by atoms with E-state index in [4.69, 9.17) is 4.74 Å². The molecule has 1 saturated heterocycles. The summed E-state index contributed by atoms with van der Waals surface area (Å²) in [5.74, 6) is 1.46. The maximum atomic E-state index is 5.99. The predicted molar refractivity (Wildman–Crippen MR) is 103 cm³/mol. The first kappa shape index (κ1) is 17.9. The largest absolute Gasteiger partial charge is 0.493 e. The number of hydrazine groups is 1. The summed E-state index contributed by atoms with van der Waals surface area (Å²) in [4.78, 5) is 0. The molecule has 0 saturated carbocycles. The molecule has 2 aromatic rings. The number of hydrogen-bond acceptors (Lipinski definition) is 4. The third-order valence-corrected chi connectivity index (χ3v) is 4.89. The standard InChI is InChI=1S/C21H29N3O/c1-3-22-15-20-16(2)23-24-21(20)18-10-7-11-19(14-18)25-13-12-17-8-5-4-6-9-17/h4-11,14,16,20-24H,3,12-13,15H2,1-2H3. The van der Waals surface area contributed by atoms with Gasteiger partial charge in [-0.05, 0) is 36.7 Å². The van der Waals surface area contributed by atoms with Crippen molar-refractivity contribution < 1.29 is 4.74 Å². The Labute approximate surface area is 151 Å². The van der Waals surface area contributed by atoms with Crippen LogP contribution in [-0.4, -0.2) is 25.7 Å². The van der Waals surface area contributed by atoms with Crippen LogP contribution in [0.15, 0.2) is 54.6 Å². The second-order valence-electron chi connectivity index (χ2n) is 6.68. The van der Waals surface area contributed by atoms with E-state index in [9.17, 15) is 0 Å². The van der Waals surface area contributed by atoms with Gasteiger partial charge in [0.25, 0.3) is 0 Å². The minimum absolute atomic E-state index is 0.298. The lowest BCUT2D eigenvalue weighted by molar-refractivity contribution is 0.320. The average Bonchev–Trinajstić information content (AvgIpc) is 3.02. The van der Waals surface area contributed by atoms with Crippen molar-refractivity contribution in [1.82, 2.24) is 16.2 Å². The van der Waals surface area contributed by atoms with Gasteiger partial charge in [-0.3, -0.25) is 5.43 Å². The number of hydrogen-bond donors (Lipinski definition) is 3. The van der Waals surface area contributed by atoms with Crippen LogP contribution in [-0.2, 0) is 6.42 Å². The van der Waals surface area contributed by atoms with Crippen LogP contribution < -0.4 is 20.9 Å². The van der Waals surface area contributed by atoms with Crippen LogP contribution in [0.25, 0.3) is 0 Å². The number of ether oxygens (including phenoxy) is 1. The van der Waals surface area contributed by atoms with Gasteiger partial charge < -0.3 is 10.1 Å². The lowest BCUT2D eigenvalue weighted by Crippen LogP contribution is -2.32. The molecule has 4 nitrogen and oxygen atoms in total. The second-order valence-corrected chi connectivity index (χ2v) is 6.68. The smallest absolute Gasteiger partial charge is 0.119 e. The second kappa shape index (κ2) is 8.99. The quantitative estimate of drug-likeness (QED) is 0.692. The highest BCUT2D eigenvalue weighted by Gasteiger charge is 2.33. The van der Waals surface area contributed by atoms with Crippen molar-refractivity contribution in [3.63, 3.8) is 0 Å². The van der Waals surface area contributed by atoms with Gasteiger partial charge in [0, 0.05) is 24.9 Å². The van der Waals surface area contributed by atoms with Crippen LogP contribution in [0.3, 0.4) is 0 Å². The zero-order chi connectivity index (χ0) is 17.5. The van der Waals surface area contributed by atoms with Crippen LogP contribution in [0.5, 0.6) is 5.75 Å². The Morgan fingerprint density at radius 2 is 1.88 bits per heavy atom. The molecule has 0 aromatic heterocycles. The van der Waals surface area contributed by atoms with Crippen molar-refractivity contribution in [2.24, 2.45) is 5.92 Å². The van der Waals surface area contributed by atoms with Crippen LogP contribution in [0.4, 0.5) is 0 Å². The van der Waals surface area contributed by atoms with E-state index in [1.165, 1.54) is 11.1 Å². The van der Waals surface area contributed by atoms with Crippen molar-refractivity contribution in [1.29, 1.82) is 0 Å². The molecule has 1 aliphatic rings. The molecule has 3 N–H and O–H groups in total. The van der Waals surface area contributed by atoms with E-state index in [0.29, 0.717) is 24.6 Å². The van der Waals surface area contributed by atoms with E-state index in [1.54, 1.807) is 0 Å². The van der Waals surface area contributed by atoms with E-state index in [0.717, 1.165) is 25.3 Å². The summed E-state index contributed by atoms with van der Waals surface area (Å²) in [7, 11) is 0. The van der Waals surface area contributed by atoms with Gasteiger partial charge in [-0.25, -0.2) is 5.43 Å². The summed E-state index contributed by atoms with van der Waals surface area (Å²) < 4.78 is 5.99. The van der Waals surface area contributed by atoms with Gasteiger partial charge in [0.05, 0.1) is 12.6 Å². The highest BCUT2D eigenvalue weighted by atomic mass is 16.5.